The highest BCUT2D eigenvalue weighted by molar-refractivity contribution is 7.16. The SMILES string of the molecule is CC(=NCC(=O)c1ccc(C(=O)CCc2ccc(C(=O)N3CCN(CCOCCO)CC3)cc2)s1)c1csc(-c2ccc(C(C)(C)C)cc2)c1O. The summed E-state index contributed by atoms with van der Waals surface area (Å²) < 4.78 is 5.34. The summed E-state index contributed by atoms with van der Waals surface area (Å²) in [6.07, 6.45) is 0.823. The van der Waals surface area contributed by atoms with Gasteiger partial charge in [0, 0.05) is 61.4 Å². The van der Waals surface area contributed by atoms with Gasteiger partial charge in [-0.3, -0.25) is 24.3 Å². The Morgan fingerprint density at radius 1 is 0.882 bits per heavy atom. The molecule has 4 aromatic rings. The number of carbonyl (C=O) groups excluding carboxylic acids is 3. The lowest BCUT2D eigenvalue weighted by atomic mass is 9.86. The van der Waals surface area contributed by atoms with Crippen LogP contribution < -0.4 is 0 Å². The number of thiophene rings is 2. The van der Waals surface area contributed by atoms with Gasteiger partial charge in [-0.05, 0) is 59.7 Å². The minimum atomic E-state index is -0.181. The molecule has 1 amide bonds. The number of carbonyl (C=O) groups is 3. The van der Waals surface area contributed by atoms with Crippen molar-refractivity contribution in [3.8, 4) is 16.2 Å². The standard InChI is InChI=1S/C40H47N3O6S2/c1-27(32-26-50-38(37(32)47)29-10-12-31(13-11-29)40(2,3)4)41-25-34(46)36-16-15-35(51-36)33(45)14-7-28-5-8-30(9-6-28)39(48)43-19-17-42(18-20-43)21-23-49-24-22-44/h5-6,8-13,15-16,26,44,47H,7,14,17-25H2,1-4H3. The molecule has 1 aliphatic heterocycles. The van der Waals surface area contributed by atoms with E-state index in [1.807, 2.05) is 46.7 Å². The number of hydrogen-bond donors (Lipinski definition) is 2. The molecule has 2 aromatic heterocycles. The zero-order valence-corrected chi connectivity index (χ0v) is 31.4. The molecule has 0 bridgehead atoms. The molecule has 2 N–H and O–H groups in total. The predicted molar refractivity (Wildman–Crippen MR) is 205 cm³/mol. The Morgan fingerprint density at radius 3 is 2.20 bits per heavy atom. The molecule has 0 unspecified atom stereocenters. The second kappa shape index (κ2) is 17.5. The highest BCUT2D eigenvalue weighted by Gasteiger charge is 2.22. The van der Waals surface area contributed by atoms with Crippen LogP contribution in [0.3, 0.4) is 0 Å². The van der Waals surface area contributed by atoms with Gasteiger partial charge in [0.25, 0.3) is 5.91 Å². The van der Waals surface area contributed by atoms with Crippen molar-refractivity contribution in [3.05, 3.63) is 98.1 Å². The average molecular weight is 730 g/mol. The van der Waals surface area contributed by atoms with Crippen molar-refractivity contribution in [2.24, 2.45) is 4.99 Å². The highest BCUT2D eigenvalue weighted by Crippen LogP contribution is 2.39. The fourth-order valence-corrected chi connectivity index (χ4v) is 7.75. The van der Waals surface area contributed by atoms with Crippen LogP contribution in [0.25, 0.3) is 10.4 Å². The van der Waals surface area contributed by atoms with Gasteiger partial charge in [-0.2, -0.15) is 0 Å². The average Bonchev–Trinajstić information content (AvgIpc) is 3.79. The Labute approximate surface area is 308 Å². The zero-order chi connectivity index (χ0) is 36.5. The normalized spacial score (nSPS) is 14.2. The number of aliphatic hydroxyl groups is 1. The maximum absolute atomic E-state index is 13.0. The summed E-state index contributed by atoms with van der Waals surface area (Å²) in [7, 11) is 0. The molecule has 1 saturated heterocycles. The van der Waals surface area contributed by atoms with Gasteiger partial charge in [0.15, 0.2) is 11.6 Å². The third-order valence-electron chi connectivity index (χ3n) is 9.07. The number of Topliss-reactive ketones (excluding diaryl/α,β-unsaturated/α-hetero) is 2. The van der Waals surface area contributed by atoms with Gasteiger partial charge >= 0.3 is 0 Å². The van der Waals surface area contributed by atoms with E-state index in [1.54, 1.807) is 19.1 Å². The summed E-state index contributed by atoms with van der Waals surface area (Å²) in [5, 5.41) is 21.7. The van der Waals surface area contributed by atoms with Crippen LogP contribution in [-0.4, -0.2) is 102 Å². The second-order valence-corrected chi connectivity index (χ2v) is 15.7. The fourth-order valence-electron chi connectivity index (χ4n) is 5.84. The first-order chi connectivity index (χ1) is 24.4. The molecule has 1 fully saturated rings. The second-order valence-electron chi connectivity index (χ2n) is 13.7. The number of amides is 1. The molecular weight excluding hydrogens is 683 g/mol. The van der Waals surface area contributed by atoms with Crippen LogP contribution in [0.2, 0.25) is 0 Å². The van der Waals surface area contributed by atoms with E-state index in [4.69, 9.17) is 9.84 Å². The lowest BCUT2D eigenvalue weighted by molar-refractivity contribution is 0.0486. The molecule has 11 heteroatoms. The number of ketones is 2. The van der Waals surface area contributed by atoms with Crippen LogP contribution in [-0.2, 0) is 16.6 Å². The van der Waals surface area contributed by atoms with Crippen molar-refractivity contribution in [1.29, 1.82) is 0 Å². The maximum atomic E-state index is 13.0. The van der Waals surface area contributed by atoms with Crippen molar-refractivity contribution >= 4 is 45.9 Å². The molecule has 3 heterocycles. The lowest BCUT2D eigenvalue weighted by Gasteiger charge is -2.34. The molecule has 0 saturated carbocycles. The minimum absolute atomic E-state index is 0.00268. The van der Waals surface area contributed by atoms with E-state index in [1.165, 1.54) is 28.2 Å². The van der Waals surface area contributed by atoms with Crippen molar-refractivity contribution in [2.45, 2.75) is 46.0 Å². The quantitative estimate of drug-likeness (QED) is 0.0789. The van der Waals surface area contributed by atoms with Crippen LogP contribution in [0, 0.1) is 0 Å². The number of rotatable bonds is 15. The monoisotopic (exact) mass is 729 g/mol. The third kappa shape index (κ3) is 10.1. The first kappa shape index (κ1) is 38.2. The summed E-state index contributed by atoms with van der Waals surface area (Å²) in [5.41, 5.74) is 4.98. The van der Waals surface area contributed by atoms with Gasteiger partial charge < -0.3 is 19.8 Å². The van der Waals surface area contributed by atoms with Crippen LogP contribution in [0.4, 0.5) is 0 Å². The van der Waals surface area contributed by atoms with E-state index in [0.29, 0.717) is 65.7 Å². The minimum Gasteiger partial charge on any atom is -0.506 e. The van der Waals surface area contributed by atoms with E-state index in [9.17, 15) is 19.5 Å². The smallest absolute Gasteiger partial charge is 0.253 e. The number of hydrogen-bond acceptors (Lipinski definition) is 10. The summed E-state index contributed by atoms with van der Waals surface area (Å²) in [6, 6.07) is 19.0. The Balaban J connectivity index is 1.08. The maximum Gasteiger partial charge on any atom is 0.253 e. The molecule has 0 aliphatic carbocycles. The van der Waals surface area contributed by atoms with Gasteiger partial charge in [-0.15, -0.1) is 22.7 Å². The number of aryl methyl sites for hydroxylation is 1. The number of nitrogens with zero attached hydrogens (tertiary/aromatic N) is 3. The molecule has 0 radical (unpaired) electrons. The first-order valence-electron chi connectivity index (χ1n) is 17.3. The number of ether oxygens (including phenoxy) is 1. The molecule has 270 valence electrons. The largest absolute Gasteiger partial charge is 0.506 e. The van der Waals surface area contributed by atoms with E-state index < -0.39 is 0 Å². The van der Waals surface area contributed by atoms with Gasteiger partial charge in [-0.1, -0.05) is 57.2 Å². The van der Waals surface area contributed by atoms with Gasteiger partial charge in [-0.25, -0.2) is 0 Å². The highest BCUT2D eigenvalue weighted by atomic mass is 32.1. The summed E-state index contributed by atoms with van der Waals surface area (Å²) in [4.78, 5) is 49.4. The van der Waals surface area contributed by atoms with E-state index in [-0.39, 0.29) is 41.8 Å². The van der Waals surface area contributed by atoms with Crippen molar-refractivity contribution < 1.29 is 29.3 Å². The number of piperazine rings is 1. The van der Waals surface area contributed by atoms with E-state index in [0.717, 1.165) is 35.6 Å². The lowest BCUT2D eigenvalue weighted by Crippen LogP contribution is -2.49. The molecule has 0 atom stereocenters. The zero-order valence-electron chi connectivity index (χ0n) is 29.8. The van der Waals surface area contributed by atoms with Gasteiger partial charge in [0.1, 0.15) is 12.3 Å². The summed E-state index contributed by atoms with van der Waals surface area (Å²) in [5.74, 6) is -0.0536. The first-order valence-corrected chi connectivity index (χ1v) is 19.0. The van der Waals surface area contributed by atoms with Crippen LogP contribution >= 0.6 is 22.7 Å². The van der Waals surface area contributed by atoms with E-state index >= 15 is 0 Å². The number of aromatic hydroxyl groups is 1. The molecule has 0 spiro atoms. The Hall–Kier alpha value is -4.00. The van der Waals surface area contributed by atoms with Crippen molar-refractivity contribution in [2.75, 3.05) is 59.1 Å². The van der Waals surface area contributed by atoms with Crippen LogP contribution in [0.1, 0.15) is 80.5 Å². The molecule has 51 heavy (non-hydrogen) atoms. The number of aliphatic imine (C=N–C) groups is 1. The Kier molecular flexibility index (Phi) is 13.1. The Morgan fingerprint density at radius 2 is 1.55 bits per heavy atom. The van der Waals surface area contributed by atoms with Crippen molar-refractivity contribution in [1.82, 2.24) is 9.80 Å². The predicted octanol–water partition coefficient (Wildman–Crippen LogP) is 6.75. The number of benzene rings is 2. The van der Waals surface area contributed by atoms with Crippen molar-refractivity contribution in [3.63, 3.8) is 0 Å². The third-order valence-corrected chi connectivity index (χ3v) is 11.3. The van der Waals surface area contributed by atoms with E-state index in [2.05, 4.69) is 42.8 Å². The topological polar surface area (TPSA) is 120 Å². The molecule has 2 aromatic carbocycles. The summed E-state index contributed by atoms with van der Waals surface area (Å²) >= 11 is 2.63. The molecular formula is C40H47N3O6S2. The Bertz CT molecular complexity index is 1830. The number of aliphatic hydroxyl groups excluding tert-OH is 1. The summed E-state index contributed by atoms with van der Waals surface area (Å²) in [6.45, 7) is 12.8. The molecule has 5 rings (SSSR count). The molecule has 1 aliphatic rings. The van der Waals surface area contributed by atoms with Gasteiger partial charge in [0.05, 0.1) is 34.5 Å². The molecule has 9 nitrogen and oxygen atoms in total. The fraction of sp³-hybridized carbons (Fsp3) is 0.400. The van der Waals surface area contributed by atoms with Crippen LogP contribution in [0.15, 0.2) is 71.0 Å². The van der Waals surface area contributed by atoms with Gasteiger partial charge in [0.2, 0.25) is 0 Å². The van der Waals surface area contributed by atoms with Crippen LogP contribution in [0.5, 0.6) is 5.75 Å².